The molecule has 32 heavy (non-hydrogen) atoms. The van der Waals surface area contributed by atoms with Crippen molar-refractivity contribution in [2.45, 2.75) is 27.7 Å². The number of aryl methyl sites for hydroxylation is 3. The average molecular weight is 492 g/mol. The van der Waals surface area contributed by atoms with Crippen LogP contribution in [-0.4, -0.2) is 11.9 Å². The molecule has 0 aliphatic carbocycles. The summed E-state index contributed by atoms with van der Waals surface area (Å²) in [5, 5.41) is 6.19. The smallest absolute Gasteiger partial charge is 0.326 e. The summed E-state index contributed by atoms with van der Waals surface area (Å²) in [6, 6.07) is 11.2. The molecule has 0 aromatic heterocycles. The molecule has 3 aromatic rings. The Kier molecular flexibility index (Phi) is 7.34. The first-order valence-electron chi connectivity index (χ1n) is 9.69. The highest BCUT2D eigenvalue weighted by Gasteiger charge is 2.18. The monoisotopic (exact) mass is 490 g/mol. The van der Waals surface area contributed by atoms with Crippen molar-refractivity contribution in [3.63, 3.8) is 0 Å². The van der Waals surface area contributed by atoms with Gasteiger partial charge in [-0.25, -0.2) is 4.79 Å². The Hall–Kier alpha value is -2.73. The Labute approximate surface area is 201 Å². The molecular weight excluding hydrogens is 471 g/mol. The predicted octanol–water partition coefficient (Wildman–Crippen LogP) is 7.63. The van der Waals surface area contributed by atoms with Crippen LogP contribution >= 0.6 is 34.8 Å². The lowest BCUT2D eigenvalue weighted by Gasteiger charge is -2.18. The van der Waals surface area contributed by atoms with E-state index in [-0.39, 0.29) is 10.6 Å². The molecule has 3 rings (SSSR count). The Morgan fingerprint density at radius 2 is 1.53 bits per heavy atom. The summed E-state index contributed by atoms with van der Waals surface area (Å²) in [6.07, 6.45) is 0. The Morgan fingerprint density at radius 1 is 0.844 bits per heavy atom. The quantitative estimate of drug-likeness (QED) is 0.394. The van der Waals surface area contributed by atoms with Crippen molar-refractivity contribution < 1.29 is 14.3 Å². The number of nitrogens with one attached hydrogen (secondary N) is 2. The molecule has 0 aliphatic rings. The standard InChI is InChI=1S/C24H21Cl3N2O3/c1-12-11-20(13(2)9-18(12)26)32-22-14(3)10-19(15(4)21(22)27)28-24(31)29-23(30)16-7-5-6-8-17(16)25/h5-11H,1-4H3,(H2,28,29,30,31). The van der Waals surface area contributed by atoms with Crippen LogP contribution in [0.5, 0.6) is 11.5 Å². The first-order valence-corrected chi connectivity index (χ1v) is 10.8. The van der Waals surface area contributed by atoms with Crippen LogP contribution in [0.3, 0.4) is 0 Å². The van der Waals surface area contributed by atoms with Crippen molar-refractivity contribution in [2.75, 3.05) is 5.32 Å². The lowest BCUT2D eigenvalue weighted by molar-refractivity contribution is 0.0967. The highest BCUT2D eigenvalue weighted by molar-refractivity contribution is 6.34. The van der Waals surface area contributed by atoms with Crippen LogP contribution in [0.1, 0.15) is 32.6 Å². The van der Waals surface area contributed by atoms with E-state index in [0.717, 1.165) is 11.1 Å². The molecule has 0 saturated carbocycles. The third-order valence-electron chi connectivity index (χ3n) is 4.91. The number of carbonyl (C=O) groups is 2. The largest absolute Gasteiger partial charge is 0.455 e. The van der Waals surface area contributed by atoms with Gasteiger partial charge in [-0.15, -0.1) is 0 Å². The zero-order chi connectivity index (χ0) is 23.6. The molecule has 0 bridgehead atoms. The second kappa shape index (κ2) is 9.82. The van der Waals surface area contributed by atoms with Gasteiger partial charge in [0, 0.05) is 10.7 Å². The van der Waals surface area contributed by atoms with Crippen LogP contribution in [0.2, 0.25) is 15.1 Å². The molecule has 0 heterocycles. The third kappa shape index (κ3) is 5.18. The van der Waals surface area contributed by atoms with E-state index in [4.69, 9.17) is 39.5 Å². The van der Waals surface area contributed by atoms with Gasteiger partial charge in [-0.1, -0.05) is 46.9 Å². The fourth-order valence-electron chi connectivity index (χ4n) is 3.05. The number of carbonyl (C=O) groups excluding carboxylic acids is 2. The second-order valence-corrected chi connectivity index (χ2v) is 8.56. The number of halogens is 3. The van der Waals surface area contributed by atoms with E-state index in [1.54, 1.807) is 31.2 Å². The molecule has 0 aliphatic heterocycles. The lowest BCUT2D eigenvalue weighted by atomic mass is 10.1. The maximum atomic E-state index is 12.4. The fourth-order valence-corrected chi connectivity index (χ4v) is 3.78. The number of imide groups is 1. The molecule has 0 spiro atoms. The van der Waals surface area contributed by atoms with E-state index >= 15 is 0 Å². The van der Waals surface area contributed by atoms with Gasteiger partial charge in [-0.3, -0.25) is 10.1 Å². The number of hydrogen-bond acceptors (Lipinski definition) is 3. The fraction of sp³-hybridized carbons (Fsp3) is 0.167. The molecule has 5 nitrogen and oxygen atoms in total. The number of urea groups is 1. The van der Waals surface area contributed by atoms with Gasteiger partial charge in [0.15, 0.2) is 0 Å². The molecule has 0 fully saturated rings. The summed E-state index contributed by atoms with van der Waals surface area (Å²) in [6.45, 7) is 7.35. The van der Waals surface area contributed by atoms with Crippen LogP contribution in [0, 0.1) is 27.7 Å². The second-order valence-electron chi connectivity index (χ2n) is 7.37. The van der Waals surface area contributed by atoms with Gasteiger partial charge in [0.2, 0.25) is 0 Å². The van der Waals surface area contributed by atoms with Crippen molar-refractivity contribution in [1.82, 2.24) is 5.32 Å². The van der Waals surface area contributed by atoms with Crippen molar-refractivity contribution >= 4 is 52.4 Å². The van der Waals surface area contributed by atoms with Crippen LogP contribution in [-0.2, 0) is 0 Å². The van der Waals surface area contributed by atoms with Gasteiger partial charge >= 0.3 is 6.03 Å². The number of amides is 3. The minimum absolute atomic E-state index is 0.202. The summed E-state index contributed by atoms with van der Waals surface area (Å²) in [5.41, 5.74) is 3.71. The highest BCUT2D eigenvalue weighted by Crippen LogP contribution is 2.40. The molecule has 0 unspecified atom stereocenters. The molecule has 2 N–H and O–H groups in total. The molecule has 0 radical (unpaired) electrons. The Morgan fingerprint density at radius 3 is 2.22 bits per heavy atom. The van der Waals surface area contributed by atoms with Crippen molar-refractivity contribution in [3.8, 4) is 11.5 Å². The Balaban J connectivity index is 1.81. The maximum absolute atomic E-state index is 12.4. The van der Waals surface area contributed by atoms with E-state index in [1.807, 2.05) is 32.9 Å². The molecule has 0 atom stereocenters. The third-order valence-corrected chi connectivity index (χ3v) is 6.11. The SMILES string of the molecule is Cc1cc(Oc2c(C)cc(NC(=O)NC(=O)c3ccccc3Cl)c(C)c2Cl)c(C)cc1Cl. The van der Waals surface area contributed by atoms with Crippen molar-refractivity contribution in [1.29, 1.82) is 0 Å². The van der Waals surface area contributed by atoms with E-state index in [1.165, 1.54) is 6.07 Å². The molecule has 3 amide bonds. The number of rotatable bonds is 4. The highest BCUT2D eigenvalue weighted by atomic mass is 35.5. The summed E-state index contributed by atoms with van der Waals surface area (Å²) in [4.78, 5) is 24.7. The number of benzene rings is 3. The molecule has 0 saturated heterocycles. The van der Waals surface area contributed by atoms with Gasteiger partial charge in [0.1, 0.15) is 11.5 Å². The topological polar surface area (TPSA) is 67.4 Å². The maximum Gasteiger partial charge on any atom is 0.326 e. The van der Waals surface area contributed by atoms with Crippen molar-refractivity contribution in [3.05, 3.63) is 85.3 Å². The number of anilines is 1. The Bertz CT molecular complexity index is 1230. The summed E-state index contributed by atoms with van der Waals surface area (Å²) < 4.78 is 6.10. The molecule has 8 heteroatoms. The van der Waals surface area contributed by atoms with E-state index in [0.29, 0.717) is 38.4 Å². The minimum Gasteiger partial charge on any atom is -0.455 e. The zero-order valence-corrected chi connectivity index (χ0v) is 20.2. The number of hydrogen-bond donors (Lipinski definition) is 2. The summed E-state index contributed by atoms with van der Waals surface area (Å²) in [5.74, 6) is 0.509. The lowest BCUT2D eigenvalue weighted by Crippen LogP contribution is -2.34. The van der Waals surface area contributed by atoms with Crippen LogP contribution in [0.4, 0.5) is 10.5 Å². The van der Waals surface area contributed by atoms with Crippen LogP contribution in [0.25, 0.3) is 0 Å². The van der Waals surface area contributed by atoms with E-state index in [9.17, 15) is 9.59 Å². The molecular formula is C24H21Cl3N2O3. The van der Waals surface area contributed by atoms with Gasteiger partial charge in [0.05, 0.1) is 15.6 Å². The van der Waals surface area contributed by atoms with Gasteiger partial charge in [-0.2, -0.15) is 0 Å². The van der Waals surface area contributed by atoms with Gasteiger partial charge in [0.25, 0.3) is 5.91 Å². The first kappa shape index (κ1) is 23.9. The van der Waals surface area contributed by atoms with Crippen LogP contribution < -0.4 is 15.4 Å². The van der Waals surface area contributed by atoms with Gasteiger partial charge < -0.3 is 10.1 Å². The molecule has 3 aromatic carbocycles. The normalized spacial score (nSPS) is 10.6. The van der Waals surface area contributed by atoms with Crippen molar-refractivity contribution in [2.24, 2.45) is 0 Å². The molecule has 166 valence electrons. The summed E-state index contributed by atoms with van der Waals surface area (Å²) in [7, 11) is 0. The number of ether oxygens (including phenoxy) is 1. The van der Waals surface area contributed by atoms with Crippen LogP contribution in [0.15, 0.2) is 42.5 Å². The van der Waals surface area contributed by atoms with Gasteiger partial charge in [-0.05, 0) is 80.3 Å². The minimum atomic E-state index is -0.702. The summed E-state index contributed by atoms with van der Waals surface area (Å²) >= 11 is 18.8. The van der Waals surface area contributed by atoms with E-state index < -0.39 is 11.9 Å². The van der Waals surface area contributed by atoms with E-state index in [2.05, 4.69) is 10.6 Å². The predicted molar refractivity (Wildman–Crippen MR) is 130 cm³/mol. The zero-order valence-electron chi connectivity index (χ0n) is 17.9. The average Bonchev–Trinajstić information content (AvgIpc) is 2.73. The first-order chi connectivity index (χ1) is 15.1.